The molecule has 0 bridgehead atoms. The fourth-order valence-corrected chi connectivity index (χ4v) is 3.50. The lowest BCUT2D eigenvalue weighted by Crippen LogP contribution is -2.37. The zero-order valence-electron chi connectivity index (χ0n) is 12.8. The second-order valence-corrected chi connectivity index (χ2v) is 5.94. The van der Waals surface area contributed by atoms with Gasteiger partial charge in [-0.2, -0.15) is 0 Å². The van der Waals surface area contributed by atoms with Gasteiger partial charge < -0.3 is 14.4 Å². The maximum absolute atomic E-state index is 4.81. The van der Waals surface area contributed by atoms with E-state index in [0.717, 1.165) is 25.2 Å². The number of likely N-dealkylation sites (tertiary alicyclic amines) is 1. The summed E-state index contributed by atoms with van der Waals surface area (Å²) >= 11 is 0. The first-order valence-corrected chi connectivity index (χ1v) is 7.84. The molecule has 0 atom stereocenters. The molecule has 0 unspecified atom stereocenters. The highest BCUT2D eigenvalue weighted by molar-refractivity contribution is 5.85. The third-order valence-electron chi connectivity index (χ3n) is 4.65. The Kier molecular flexibility index (Phi) is 5.95. The van der Waals surface area contributed by atoms with Gasteiger partial charge in [0.15, 0.2) is 0 Å². The van der Waals surface area contributed by atoms with Gasteiger partial charge in [-0.25, -0.2) is 4.98 Å². The Balaban J connectivity index is 0.000000882. The second-order valence-electron chi connectivity index (χ2n) is 5.94. The third kappa shape index (κ3) is 3.19. The Morgan fingerprint density at radius 2 is 1.64 bits per heavy atom. The maximum Gasteiger partial charge on any atom is 0.206 e. The van der Waals surface area contributed by atoms with E-state index in [1.807, 2.05) is 0 Å². The Bertz CT molecular complexity index is 607. The number of fused-ring (bicyclic) bond motifs is 3. The number of hydrogen-bond acceptors (Lipinski definition) is 3. The largest absolute Gasteiger partial charge is 0.339 e. The fourth-order valence-electron chi connectivity index (χ4n) is 3.50. The van der Waals surface area contributed by atoms with Gasteiger partial charge >= 0.3 is 0 Å². The highest BCUT2D eigenvalue weighted by Crippen LogP contribution is 2.26. The van der Waals surface area contributed by atoms with Crippen LogP contribution in [-0.4, -0.2) is 47.2 Å². The quantitative estimate of drug-likeness (QED) is 0.856. The van der Waals surface area contributed by atoms with Gasteiger partial charge in [-0.15, -0.1) is 24.8 Å². The maximum atomic E-state index is 4.81. The van der Waals surface area contributed by atoms with Crippen molar-refractivity contribution in [2.45, 2.75) is 25.8 Å². The van der Waals surface area contributed by atoms with Gasteiger partial charge in [0, 0.05) is 26.2 Å². The summed E-state index contributed by atoms with van der Waals surface area (Å²) in [7, 11) is 0. The second kappa shape index (κ2) is 7.53. The predicted molar refractivity (Wildman–Crippen MR) is 96.7 cm³/mol. The van der Waals surface area contributed by atoms with Crippen LogP contribution in [0.15, 0.2) is 24.3 Å². The molecule has 3 heterocycles. The van der Waals surface area contributed by atoms with Crippen molar-refractivity contribution in [3.63, 3.8) is 0 Å². The Morgan fingerprint density at radius 1 is 0.864 bits per heavy atom. The first-order chi connectivity index (χ1) is 9.92. The minimum Gasteiger partial charge on any atom is -0.339 e. The molecule has 0 amide bonds. The van der Waals surface area contributed by atoms with Crippen LogP contribution in [0.1, 0.15) is 19.3 Å². The van der Waals surface area contributed by atoms with Crippen molar-refractivity contribution in [3.05, 3.63) is 24.3 Å². The van der Waals surface area contributed by atoms with Crippen molar-refractivity contribution >= 4 is 41.8 Å². The number of imidazole rings is 1. The van der Waals surface area contributed by atoms with E-state index in [9.17, 15) is 0 Å². The summed E-state index contributed by atoms with van der Waals surface area (Å²) in [4.78, 5) is 9.87. The molecule has 1 aromatic heterocycles. The molecule has 2 aliphatic heterocycles. The van der Waals surface area contributed by atoms with Crippen LogP contribution >= 0.6 is 24.8 Å². The van der Waals surface area contributed by atoms with Crippen LogP contribution < -0.4 is 4.90 Å². The van der Waals surface area contributed by atoms with Gasteiger partial charge in [0.2, 0.25) is 5.95 Å². The van der Waals surface area contributed by atoms with Gasteiger partial charge in [0.1, 0.15) is 0 Å². The van der Waals surface area contributed by atoms with E-state index in [1.165, 1.54) is 50.4 Å². The van der Waals surface area contributed by atoms with E-state index in [-0.39, 0.29) is 24.8 Å². The van der Waals surface area contributed by atoms with Crippen molar-refractivity contribution in [3.8, 4) is 0 Å². The highest BCUT2D eigenvalue weighted by Gasteiger charge is 2.23. The third-order valence-corrected chi connectivity index (χ3v) is 4.65. The minimum absolute atomic E-state index is 0. The molecule has 1 aromatic carbocycles. The van der Waals surface area contributed by atoms with E-state index in [1.54, 1.807) is 0 Å². The van der Waals surface area contributed by atoms with E-state index in [2.05, 4.69) is 38.6 Å². The standard InChI is InChI=1S/C16H22N4.2ClH/c1-4-8-18(9-5-1)10-11-19-12-13-20-15-7-3-2-6-14(15)17-16(19)20;;/h2-3,6-7H,1,4-5,8-13H2;2*1H. The topological polar surface area (TPSA) is 24.3 Å². The fraction of sp³-hybridized carbons (Fsp3) is 0.562. The van der Waals surface area contributed by atoms with Crippen molar-refractivity contribution in [2.24, 2.45) is 0 Å². The number of hydrogen-bond donors (Lipinski definition) is 0. The molecule has 22 heavy (non-hydrogen) atoms. The summed E-state index contributed by atoms with van der Waals surface area (Å²) in [6.45, 7) is 7.05. The van der Waals surface area contributed by atoms with Crippen molar-refractivity contribution < 1.29 is 0 Å². The van der Waals surface area contributed by atoms with Gasteiger partial charge in [-0.05, 0) is 38.1 Å². The normalized spacial score (nSPS) is 17.9. The summed E-state index contributed by atoms with van der Waals surface area (Å²) < 4.78 is 2.37. The molecule has 122 valence electrons. The number of benzene rings is 1. The first-order valence-electron chi connectivity index (χ1n) is 7.84. The summed E-state index contributed by atoms with van der Waals surface area (Å²) in [5.41, 5.74) is 2.41. The molecule has 0 N–H and O–H groups in total. The number of piperidine rings is 1. The van der Waals surface area contributed by atoms with Gasteiger partial charge in [0.25, 0.3) is 0 Å². The number of para-hydroxylation sites is 2. The molecule has 4 rings (SSSR count). The molecule has 1 fully saturated rings. The van der Waals surface area contributed by atoms with Crippen LogP contribution in [0.25, 0.3) is 11.0 Å². The van der Waals surface area contributed by atoms with Crippen molar-refractivity contribution in [1.29, 1.82) is 0 Å². The zero-order chi connectivity index (χ0) is 13.4. The molecule has 2 aromatic rings. The summed E-state index contributed by atoms with van der Waals surface area (Å²) in [6, 6.07) is 8.47. The lowest BCUT2D eigenvalue weighted by atomic mass is 10.1. The number of rotatable bonds is 3. The first kappa shape index (κ1) is 17.4. The molecular weight excluding hydrogens is 319 g/mol. The average Bonchev–Trinajstić information content (AvgIpc) is 3.05. The van der Waals surface area contributed by atoms with Gasteiger partial charge in [-0.1, -0.05) is 18.6 Å². The highest BCUT2D eigenvalue weighted by atomic mass is 35.5. The van der Waals surface area contributed by atoms with Crippen LogP contribution in [0.5, 0.6) is 0 Å². The van der Waals surface area contributed by atoms with E-state index in [0.29, 0.717) is 0 Å². The number of anilines is 1. The van der Waals surface area contributed by atoms with E-state index < -0.39 is 0 Å². The van der Waals surface area contributed by atoms with Gasteiger partial charge in [0.05, 0.1) is 11.0 Å². The van der Waals surface area contributed by atoms with E-state index >= 15 is 0 Å². The SMILES string of the molecule is Cl.Cl.c1ccc2c(c1)nc1n2CCN1CCN1CCCCC1. The van der Waals surface area contributed by atoms with Crippen molar-refractivity contribution in [1.82, 2.24) is 14.5 Å². The summed E-state index contributed by atoms with van der Waals surface area (Å²) in [5.74, 6) is 1.17. The van der Waals surface area contributed by atoms with E-state index in [4.69, 9.17) is 4.98 Å². The molecule has 0 aliphatic carbocycles. The molecule has 1 saturated heterocycles. The van der Waals surface area contributed by atoms with Crippen LogP contribution in [0.4, 0.5) is 5.95 Å². The Labute approximate surface area is 144 Å². The van der Waals surface area contributed by atoms with Crippen LogP contribution in [0, 0.1) is 0 Å². The molecular formula is C16H24Cl2N4. The smallest absolute Gasteiger partial charge is 0.206 e. The number of nitrogens with zero attached hydrogens (tertiary/aromatic N) is 4. The molecule has 0 saturated carbocycles. The van der Waals surface area contributed by atoms with Crippen molar-refractivity contribution in [2.75, 3.05) is 37.6 Å². The molecule has 0 radical (unpaired) electrons. The molecule has 6 heteroatoms. The van der Waals surface area contributed by atoms with Crippen LogP contribution in [-0.2, 0) is 6.54 Å². The van der Waals surface area contributed by atoms with Gasteiger partial charge in [-0.3, -0.25) is 0 Å². The minimum atomic E-state index is 0. The predicted octanol–water partition coefficient (Wildman–Crippen LogP) is 3.19. The average molecular weight is 343 g/mol. The number of halogens is 2. The lowest BCUT2D eigenvalue weighted by molar-refractivity contribution is 0.233. The van der Waals surface area contributed by atoms with Crippen LogP contribution in [0.3, 0.4) is 0 Å². The summed E-state index contributed by atoms with van der Waals surface area (Å²) in [6.07, 6.45) is 4.16. The Hall–Kier alpha value is -0.970. The monoisotopic (exact) mass is 342 g/mol. The Morgan fingerprint density at radius 3 is 2.45 bits per heavy atom. The summed E-state index contributed by atoms with van der Waals surface area (Å²) in [5, 5.41) is 0. The molecule has 0 spiro atoms. The molecule has 4 nitrogen and oxygen atoms in total. The number of aromatic nitrogens is 2. The van der Waals surface area contributed by atoms with Crippen LogP contribution in [0.2, 0.25) is 0 Å². The zero-order valence-corrected chi connectivity index (χ0v) is 14.4. The lowest BCUT2D eigenvalue weighted by Gasteiger charge is -2.28. The molecule has 2 aliphatic rings.